The molecule has 0 aliphatic carbocycles. The molecule has 0 aromatic heterocycles. The third-order valence-electron chi connectivity index (χ3n) is 0.201. The van der Waals surface area contributed by atoms with E-state index < -0.39 is 0 Å². The molecule has 4 heteroatoms. The minimum atomic E-state index is -0.00733. The van der Waals surface area contributed by atoms with Gasteiger partial charge >= 0.3 is 0 Å². The normalized spacial score (nSPS) is 11.0. The van der Waals surface area contributed by atoms with Crippen molar-refractivity contribution in [1.82, 2.24) is 0 Å². The summed E-state index contributed by atoms with van der Waals surface area (Å²) in [5, 5.41) is 0. The van der Waals surface area contributed by atoms with E-state index in [1.54, 1.807) is 0 Å². The van der Waals surface area contributed by atoms with Crippen LogP contribution in [-0.2, 0) is 14.1 Å². The van der Waals surface area contributed by atoms with Gasteiger partial charge in [0.25, 0.3) is 0 Å². The van der Waals surface area contributed by atoms with Gasteiger partial charge in [-0.2, -0.15) is 4.67 Å². The van der Waals surface area contributed by atoms with E-state index in [1.807, 2.05) is 0 Å². The predicted molar refractivity (Wildman–Crippen MR) is 23.4 cm³/mol. The van der Waals surface area contributed by atoms with Gasteiger partial charge in [-0.25, -0.2) is 4.89 Å². The molecule has 0 aliphatic heterocycles. The fourth-order valence-corrected chi connectivity index (χ4v) is 0.204. The molecule has 3 nitrogen and oxygen atoms in total. The van der Waals surface area contributed by atoms with Crippen molar-refractivity contribution in [3.05, 3.63) is 0 Å². The summed E-state index contributed by atoms with van der Waals surface area (Å²) >= 11 is 0. The van der Waals surface area contributed by atoms with Crippen molar-refractivity contribution in [2.45, 2.75) is 0 Å². The van der Waals surface area contributed by atoms with Gasteiger partial charge in [-0.1, -0.05) is 0 Å². The maximum Gasteiger partial charge on any atom is 0.194 e. The SMILES string of the molecule is COOPOC. The van der Waals surface area contributed by atoms with E-state index in [-0.39, 0.29) is 9.03 Å². The molecule has 38 valence electrons. The highest BCUT2D eigenvalue weighted by molar-refractivity contribution is 7.25. The zero-order valence-electron chi connectivity index (χ0n) is 3.72. The Hall–Kier alpha value is 0.310. The maximum atomic E-state index is 4.46. The lowest BCUT2D eigenvalue weighted by Crippen LogP contribution is -1.72. The van der Waals surface area contributed by atoms with Gasteiger partial charge in [-0.05, 0) is 0 Å². The predicted octanol–water partition coefficient (Wildman–Crippen LogP) is 0.719. The summed E-state index contributed by atoms with van der Waals surface area (Å²) in [4.78, 5) is 4.17. The molecule has 1 unspecified atom stereocenters. The summed E-state index contributed by atoms with van der Waals surface area (Å²) in [6.45, 7) is 0. The van der Waals surface area contributed by atoms with Gasteiger partial charge in [0.2, 0.25) is 0 Å². The highest BCUT2D eigenvalue weighted by Crippen LogP contribution is 2.08. The van der Waals surface area contributed by atoms with Crippen molar-refractivity contribution >= 4 is 9.03 Å². The molecule has 6 heavy (non-hydrogen) atoms. The van der Waals surface area contributed by atoms with E-state index in [4.69, 9.17) is 0 Å². The summed E-state index contributed by atoms with van der Waals surface area (Å²) < 4.78 is 8.75. The first-order chi connectivity index (χ1) is 2.91. The Morgan fingerprint density at radius 3 is 2.17 bits per heavy atom. The molecular formula is C2H7O3P. The van der Waals surface area contributed by atoms with E-state index in [1.165, 1.54) is 14.2 Å². The topological polar surface area (TPSA) is 27.7 Å². The Labute approximate surface area is 38.5 Å². The molecule has 1 atom stereocenters. The molecule has 0 fully saturated rings. The first-order valence-corrected chi connectivity index (χ1v) is 2.21. The van der Waals surface area contributed by atoms with Crippen LogP contribution in [0.25, 0.3) is 0 Å². The van der Waals surface area contributed by atoms with Crippen LogP contribution >= 0.6 is 9.03 Å². The second kappa shape index (κ2) is 5.31. The third kappa shape index (κ3) is 4.31. The molecule has 0 N–H and O–H groups in total. The van der Waals surface area contributed by atoms with Crippen LogP contribution in [0, 0.1) is 0 Å². The minimum Gasteiger partial charge on any atom is -0.338 e. The second-order valence-electron chi connectivity index (χ2n) is 0.537. The van der Waals surface area contributed by atoms with Gasteiger partial charge in [0.15, 0.2) is 9.03 Å². The number of hydrogen-bond acceptors (Lipinski definition) is 3. The van der Waals surface area contributed by atoms with Crippen molar-refractivity contribution in [3.63, 3.8) is 0 Å². The molecular weight excluding hydrogens is 103 g/mol. The molecule has 0 spiro atoms. The largest absolute Gasteiger partial charge is 0.338 e. The zero-order chi connectivity index (χ0) is 4.83. The lowest BCUT2D eigenvalue weighted by atomic mass is 11.8. The van der Waals surface area contributed by atoms with Crippen molar-refractivity contribution in [1.29, 1.82) is 0 Å². The van der Waals surface area contributed by atoms with Gasteiger partial charge in [0.05, 0.1) is 7.11 Å². The maximum absolute atomic E-state index is 4.46. The van der Waals surface area contributed by atoms with Gasteiger partial charge in [0.1, 0.15) is 0 Å². The minimum absolute atomic E-state index is 0.00733. The monoisotopic (exact) mass is 110 g/mol. The van der Waals surface area contributed by atoms with E-state index >= 15 is 0 Å². The molecule has 0 aliphatic rings. The standard InChI is InChI=1S/C2H7O3P/c1-3-5-6-4-2/h6H,1-2H3. The van der Waals surface area contributed by atoms with Crippen LogP contribution in [0.4, 0.5) is 0 Å². The van der Waals surface area contributed by atoms with Crippen molar-refractivity contribution in [2.75, 3.05) is 14.2 Å². The molecule has 0 heterocycles. The Balaban J connectivity index is 2.34. The average molecular weight is 110 g/mol. The van der Waals surface area contributed by atoms with E-state index in [2.05, 4.69) is 14.1 Å². The lowest BCUT2D eigenvalue weighted by Gasteiger charge is -1.91. The quantitative estimate of drug-likeness (QED) is 0.232. The van der Waals surface area contributed by atoms with Crippen LogP contribution in [0.3, 0.4) is 0 Å². The smallest absolute Gasteiger partial charge is 0.194 e. The summed E-state index contributed by atoms with van der Waals surface area (Å²) in [5.74, 6) is 0. The van der Waals surface area contributed by atoms with Crippen LogP contribution in [0.2, 0.25) is 0 Å². The van der Waals surface area contributed by atoms with Gasteiger partial charge in [-0.15, -0.1) is 0 Å². The Morgan fingerprint density at radius 2 is 2.00 bits per heavy atom. The van der Waals surface area contributed by atoms with E-state index in [9.17, 15) is 0 Å². The average Bonchev–Trinajstić information content (AvgIpc) is 1.61. The van der Waals surface area contributed by atoms with Crippen LogP contribution in [-0.4, -0.2) is 14.2 Å². The van der Waals surface area contributed by atoms with Crippen molar-refractivity contribution < 1.29 is 14.1 Å². The highest BCUT2D eigenvalue weighted by atomic mass is 31.1. The first kappa shape index (κ1) is 6.31. The summed E-state index contributed by atoms with van der Waals surface area (Å²) in [6.07, 6.45) is 0. The molecule has 0 saturated carbocycles. The van der Waals surface area contributed by atoms with Crippen molar-refractivity contribution in [3.8, 4) is 0 Å². The molecule has 0 bridgehead atoms. The Kier molecular flexibility index (Phi) is 5.58. The Morgan fingerprint density at radius 1 is 1.33 bits per heavy atom. The molecule has 0 amide bonds. The summed E-state index contributed by atoms with van der Waals surface area (Å²) in [6, 6.07) is 0. The molecule has 0 saturated heterocycles. The van der Waals surface area contributed by atoms with Crippen LogP contribution in [0.5, 0.6) is 0 Å². The fourth-order valence-electron chi connectivity index (χ4n) is 0.0680. The van der Waals surface area contributed by atoms with Gasteiger partial charge < -0.3 is 4.52 Å². The third-order valence-corrected chi connectivity index (χ3v) is 0.602. The summed E-state index contributed by atoms with van der Waals surface area (Å²) in [5.41, 5.74) is 0. The number of rotatable bonds is 3. The highest BCUT2D eigenvalue weighted by Gasteiger charge is 1.73. The first-order valence-electron chi connectivity index (χ1n) is 1.39. The van der Waals surface area contributed by atoms with Gasteiger partial charge in [0, 0.05) is 7.11 Å². The second-order valence-corrected chi connectivity index (χ2v) is 1.28. The molecule has 0 radical (unpaired) electrons. The van der Waals surface area contributed by atoms with E-state index in [0.717, 1.165) is 0 Å². The molecule has 0 aromatic rings. The zero-order valence-corrected chi connectivity index (χ0v) is 4.72. The lowest BCUT2D eigenvalue weighted by molar-refractivity contribution is -0.173. The fraction of sp³-hybridized carbons (Fsp3) is 1.00. The summed E-state index contributed by atoms with van der Waals surface area (Å²) in [7, 11) is 2.97. The molecule has 0 rings (SSSR count). The number of hydrogen-bond donors (Lipinski definition) is 0. The van der Waals surface area contributed by atoms with Crippen LogP contribution < -0.4 is 0 Å². The molecule has 0 aromatic carbocycles. The van der Waals surface area contributed by atoms with Gasteiger partial charge in [-0.3, -0.25) is 0 Å². The van der Waals surface area contributed by atoms with Crippen LogP contribution in [0.15, 0.2) is 0 Å². The Bertz CT molecular complexity index is 20.8. The van der Waals surface area contributed by atoms with Crippen molar-refractivity contribution in [2.24, 2.45) is 0 Å². The van der Waals surface area contributed by atoms with Crippen LogP contribution in [0.1, 0.15) is 0 Å². The van der Waals surface area contributed by atoms with E-state index in [0.29, 0.717) is 0 Å².